The lowest BCUT2D eigenvalue weighted by molar-refractivity contribution is 0.0944. The predicted molar refractivity (Wildman–Crippen MR) is 74.0 cm³/mol. The predicted octanol–water partition coefficient (Wildman–Crippen LogP) is 2.84. The van der Waals surface area contributed by atoms with Crippen molar-refractivity contribution < 1.29 is 4.79 Å². The number of hydrogen-bond donors (Lipinski definition) is 1. The molecule has 2 rings (SSSR count). The van der Waals surface area contributed by atoms with Crippen LogP contribution in [0.1, 0.15) is 17.4 Å². The van der Waals surface area contributed by atoms with E-state index in [2.05, 4.69) is 10.3 Å². The van der Waals surface area contributed by atoms with Gasteiger partial charge in [0.2, 0.25) is 0 Å². The molecule has 0 aliphatic carbocycles. The molecule has 0 aliphatic rings. The van der Waals surface area contributed by atoms with E-state index in [9.17, 15) is 4.79 Å². The van der Waals surface area contributed by atoms with Crippen molar-refractivity contribution in [1.29, 1.82) is 0 Å². The van der Waals surface area contributed by atoms with Gasteiger partial charge < -0.3 is 5.32 Å². The molecular formula is C14H15ClN2O. The minimum Gasteiger partial charge on any atom is -0.350 e. The molecule has 3 nitrogen and oxygen atoms in total. The topological polar surface area (TPSA) is 42.0 Å². The number of nitrogens with zero attached hydrogens (tertiary/aromatic N) is 1. The first-order valence-corrected chi connectivity index (χ1v) is 6.44. The Morgan fingerprint density at radius 1 is 1.33 bits per heavy atom. The number of aromatic nitrogens is 1. The summed E-state index contributed by atoms with van der Waals surface area (Å²) in [7, 11) is 0. The number of alkyl halides is 1. The maximum absolute atomic E-state index is 11.9. The van der Waals surface area contributed by atoms with Crippen molar-refractivity contribution in [1.82, 2.24) is 10.3 Å². The summed E-state index contributed by atoms with van der Waals surface area (Å²) in [6.07, 6.45) is 0. The van der Waals surface area contributed by atoms with E-state index in [0.717, 1.165) is 10.9 Å². The molecule has 1 heterocycles. The van der Waals surface area contributed by atoms with E-state index in [1.807, 2.05) is 37.3 Å². The molecule has 1 amide bonds. The molecule has 0 bridgehead atoms. The average molecular weight is 263 g/mol. The number of carbonyl (C=O) groups excluding carboxylic acids is 1. The molecule has 0 saturated carbocycles. The van der Waals surface area contributed by atoms with Crippen LogP contribution in [0.3, 0.4) is 0 Å². The normalized spacial score (nSPS) is 12.3. The number of carbonyl (C=O) groups is 1. The quantitative estimate of drug-likeness (QED) is 0.861. The van der Waals surface area contributed by atoms with Crippen LogP contribution >= 0.6 is 11.6 Å². The Morgan fingerprint density at radius 2 is 2.11 bits per heavy atom. The monoisotopic (exact) mass is 262 g/mol. The van der Waals surface area contributed by atoms with Crippen molar-refractivity contribution in [3.05, 3.63) is 42.1 Å². The summed E-state index contributed by atoms with van der Waals surface area (Å²) in [6, 6.07) is 11.4. The lowest BCUT2D eigenvalue weighted by Gasteiger charge is -2.09. The first kappa shape index (κ1) is 12.8. The number of fused-ring (bicyclic) bond motifs is 1. The summed E-state index contributed by atoms with van der Waals surface area (Å²) >= 11 is 5.69. The first-order chi connectivity index (χ1) is 8.70. The van der Waals surface area contributed by atoms with E-state index in [1.54, 1.807) is 6.07 Å². The number of para-hydroxylation sites is 1. The van der Waals surface area contributed by atoms with E-state index in [1.165, 1.54) is 0 Å². The Morgan fingerprint density at radius 3 is 2.89 bits per heavy atom. The Balaban J connectivity index is 2.13. The largest absolute Gasteiger partial charge is 0.350 e. The maximum atomic E-state index is 11.9. The Bertz CT molecular complexity index is 556. The van der Waals surface area contributed by atoms with Crippen LogP contribution in [0.4, 0.5) is 0 Å². The third-order valence-corrected chi connectivity index (χ3v) is 3.23. The zero-order chi connectivity index (χ0) is 13.0. The van der Waals surface area contributed by atoms with Crippen LogP contribution in [0.25, 0.3) is 10.9 Å². The van der Waals surface area contributed by atoms with Crippen LogP contribution < -0.4 is 5.32 Å². The molecule has 2 aromatic rings. The number of rotatable bonds is 4. The number of hydrogen-bond acceptors (Lipinski definition) is 2. The van der Waals surface area contributed by atoms with E-state index in [4.69, 9.17) is 11.6 Å². The lowest BCUT2D eigenvalue weighted by Crippen LogP contribution is -2.29. The Hall–Kier alpha value is -1.61. The standard InChI is InChI=1S/C14H15ClN2O/c1-10(8-15)9-16-14(18)13-7-6-11-4-2-3-5-12(11)17-13/h2-7,10H,8-9H2,1H3,(H,16,18). The molecule has 1 aromatic carbocycles. The minimum absolute atomic E-state index is 0.155. The van der Waals surface area contributed by atoms with Crippen molar-refractivity contribution in [3.8, 4) is 0 Å². The first-order valence-electron chi connectivity index (χ1n) is 5.90. The molecule has 0 saturated heterocycles. The molecule has 94 valence electrons. The molecule has 1 unspecified atom stereocenters. The second-order valence-corrected chi connectivity index (χ2v) is 4.67. The lowest BCUT2D eigenvalue weighted by atomic mass is 10.2. The summed E-state index contributed by atoms with van der Waals surface area (Å²) in [4.78, 5) is 16.2. The van der Waals surface area contributed by atoms with E-state index < -0.39 is 0 Å². The van der Waals surface area contributed by atoms with Crippen LogP contribution in [0.2, 0.25) is 0 Å². The van der Waals surface area contributed by atoms with Gasteiger partial charge in [0.25, 0.3) is 5.91 Å². The Labute approximate surface area is 111 Å². The SMILES string of the molecule is CC(CCl)CNC(=O)c1ccc2ccccc2n1. The van der Waals surface area contributed by atoms with Gasteiger partial charge in [-0.3, -0.25) is 4.79 Å². The van der Waals surface area contributed by atoms with Gasteiger partial charge in [0.05, 0.1) is 5.52 Å². The summed E-state index contributed by atoms with van der Waals surface area (Å²) in [6.45, 7) is 2.55. The zero-order valence-corrected chi connectivity index (χ0v) is 10.9. The fraction of sp³-hybridized carbons (Fsp3) is 0.286. The molecule has 0 fully saturated rings. The number of benzene rings is 1. The molecule has 18 heavy (non-hydrogen) atoms. The summed E-state index contributed by atoms with van der Waals surface area (Å²) in [5.74, 6) is 0.639. The van der Waals surface area contributed by atoms with Crippen molar-refractivity contribution in [2.24, 2.45) is 5.92 Å². The van der Waals surface area contributed by atoms with Crippen molar-refractivity contribution >= 4 is 28.4 Å². The third kappa shape index (κ3) is 2.99. The van der Waals surface area contributed by atoms with Gasteiger partial charge in [-0.25, -0.2) is 4.98 Å². The van der Waals surface area contributed by atoms with Crippen molar-refractivity contribution in [3.63, 3.8) is 0 Å². The van der Waals surface area contributed by atoms with Gasteiger partial charge in [0.1, 0.15) is 5.69 Å². The average Bonchev–Trinajstić information content (AvgIpc) is 2.43. The molecule has 0 aliphatic heterocycles. The van der Waals surface area contributed by atoms with Gasteiger partial charge in [0, 0.05) is 17.8 Å². The highest BCUT2D eigenvalue weighted by Gasteiger charge is 2.09. The summed E-state index contributed by atoms with van der Waals surface area (Å²) < 4.78 is 0. The minimum atomic E-state index is -0.155. The molecule has 1 atom stereocenters. The fourth-order valence-corrected chi connectivity index (χ4v) is 1.71. The van der Waals surface area contributed by atoms with Gasteiger partial charge >= 0.3 is 0 Å². The number of halogens is 1. The van der Waals surface area contributed by atoms with Gasteiger partial charge in [-0.1, -0.05) is 31.2 Å². The van der Waals surface area contributed by atoms with Gasteiger partial charge in [0.15, 0.2) is 0 Å². The van der Waals surface area contributed by atoms with Crippen LogP contribution in [0, 0.1) is 5.92 Å². The molecule has 4 heteroatoms. The molecule has 1 aromatic heterocycles. The van der Waals surface area contributed by atoms with Gasteiger partial charge in [-0.15, -0.1) is 11.6 Å². The zero-order valence-electron chi connectivity index (χ0n) is 10.2. The highest BCUT2D eigenvalue weighted by Crippen LogP contribution is 2.11. The van der Waals surface area contributed by atoms with Crippen LogP contribution in [-0.4, -0.2) is 23.3 Å². The van der Waals surface area contributed by atoms with E-state index in [0.29, 0.717) is 18.1 Å². The number of nitrogens with one attached hydrogen (secondary N) is 1. The van der Waals surface area contributed by atoms with E-state index in [-0.39, 0.29) is 11.8 Å². The number of amides is 1. The van der Waals surface area contributed by atoms with E-state index >= 15 is 0 Å². The van der Waals surface area contributed by atoms with Crippen LogP contribution in [-0.2, 0) is 0 Å². The molecule has 1 N–H and O–H groups in total. The smallest absolute Gasteiger partial charge is 0.269 e. The third-order valence-electron chi connectivity index (χ3n) is 2.71. The van der Waals surface area contributed by atoms with Crippen molar-refractivity contribution in [2.45, 2.75) is 6.92 Å². The van der Waals surface area contributed by atoms with Crippen LogP contribution in [0.15, 0.2) is 36.4 Å². The fourth-order valence-electron chi connectivity index (χ4n) is 1.60. The molecular weight excluding hydrogens is 248 g/mol. The molecule has 0 spiro atoms. The second-order valence-electron chi connectivity index (χ2n) is 4.36. The van der Waals surface area contributed by atoms with Crippen molar-refractivity contribution in [2.75, 3.05) is 12.4 Å². The molecule has 0 radical (unpaired) electrons. The second kappa shape index (κ2) is 5.83. The van der Waals surface area contributed by atoms with Gasteiger partial charge in [-0.05, 0) is 18.1 Å². The highest BCUT2D eigenvalue weighted by molar-refractivity contribution is 6.18. The number of pyridine rings is 1. The Kier molecular flexibility index (Phi) is 4.15. The van der Waals surface area contributed by atoms with Crippen LogP contribution in [0.5, 0.6) is 0 Å². The maximum Gasteiger partial charge on any atom is 0.269 e. The summed E-state index contributed by atoms with van der Waals surface area (Å²) in [5, 5.41) is 3.86. The summed E-state index contributed by atoms with van der Waals surface area (Å²) in [5.41, 5.74) is 1.27. The van der Waals surface area contributed by atoms with Gasteiger partial charge in [-0.2, -0.15) is 0 Å². The highest BCUT2D eigenvalue weighted by atomic mass is 35.5.